The first kappa shape index (κ1) is 19.5. The average molecular weight is 305 g/mol. The van der Waals surface area contributed by atoms with Gasteiger partial charge in [0.05, 0.1) is 0 Å². The van der Waals surface area contributed by atoms with E-state index in [-0.39, 0.29) is 0 Å². The van der Waals surface area contributed by atoms with Crippen molar-refractivity contribution in [1.82, 2.24) is 0 Å². The van der Waals surface area contributed by atoms with Gasteiger partial charge in [0.2, 0.25) is 0 Å². The van der Waals surface area contributed by atoms with Gasteiger partial charge in [0.15, 0.2) is 0 Å². The first-order chi connectivity index (χ1) is 10.3. The van der Waals surface area contributed by atoms with Crippen LogP contribution in [-0.4, -0.2) is 0 Å². The van der Waals surface area contributed by atoms with Crippen molar-refractivity contribution in [1.29, 1.82) is 0 Å². The second-order valence-electron chi connectivity index (χ2n) is 8.55. The maximum absolute atomic E-state index is 2.43. The summed E-state index contributed by atoms with van der Waals surface area (Å²) >= 11 is 0. The Kier molecular flexibility index (Phi) is 7.94. The van der Waals surface area contributed by atoms with Crippen LogP contribution in [0.5, 0.6) is 0 Å². The predicted octanol–water partition coefficient (Wildman–Crippen LogP) is 7.85. The summed E-state index contributed by atoms with van der Waals surface area (Å²) in [7, 11) is 0. The van der Waals surface area contributed by atoms with E-state index in [9.17, 15) is 0 Å². The van der Waals surface area contributed by atoms with E-state index in [1.54, 1.807) is 11.1 Å². The number of allylic oxidation sites excluding steroid dienone is 4. The minimum Gasteiger partial charge on any atom is -0.0885 e. The summed E-state index contributed by atoms with van der Waals surface area (Å²) < 4.78 is 0. The summed E-state index contributed by atoms with van der Waals surface area (Å²) in [6.07, 6.45) is 18.3. The molecule has 0 aromatic heterocycles. The molecule has 22 heavy (non-hydrogen) atoms. The van der Waals surface area contributed by atoms with Crippen LogP contribution in [0.1, 0.15) is 106 Å². The minimum atomic E-state index is 0.616. The van der Waals surface area contributed by atoms with Crippen LogP contribution >= 0.6 is 0 Å². The minimum absolute atomic E-state index is 0.616. The van der Waals surface area contributed by atoms with Crippen LogP contribution in [0.25, 0.3) is 0 Å². The van der Waals surface area contributed by atoms with E-state index in [1.807, 2.05) is 0 Å². The van der Waals surface area contributed by atoms with Crippen LogP contribution < -0.4 is 0 Å². The molecule has 2 saturated carbocycles. The van der Waals surface area contributed by atoms with E-state index in [1.165, 1.54) is 64.2 Å². The smallest absolute Gasteiger partial charge is 0.0315 e. The normalized spacial score (nSPS) is 27.7. The summed E-state index contributed by atoms with van der Waals surface area (Å²) in [6.45, 7) is 13.9. The second kappa shape index (κ2) is 8.94. The van der Waals surface area contributed by atoms with E-state index < -0.39 is 0 Å². The highest BCUT2D eigenvalue weighted by Crippen LogP contribution is 2.40. The molecule has 0 heteroatoms. The highest BCUT2D eigenvalue weighted by molar-refractivity contribution is 5.06. The summed E-state index contributed by atoms with van der Waals surface area (Å²) in [6, 6.07) is 0. The van der Waals surface area contributed by atoms with Gasteiger partial charge in [0, 0.05) is 0 Å². The molecule has 2 rings (SSSR count). The molecule has 0 spiro atoms. The molecule has 0 N–H and O–H groups in total. The number of rotatable bonds is 2. The van der Waals surface area contributed by atoms with Crippen LogP contribution in [0.15, 0.2) is 23.3 Å². The standard InChI is InChI=1S/2C11H20/c1-4-5-10-6-8-11(2,3)9-7-10;1-4-10-6-8-11(3,5-2)9-7-10/h5H,4,6-9H2,1-3H3;4H,5-9H2,1-3H3. The lowest BCUT2D eigenvalue weighted by molar-refractivity contribution is 0.236. The van der Waals surface area contributed by atoms with Crippen molar-refractivity contribution in [3.05, 3.63) is 23.3 Å². The van der Waals surface area contributed by atoms with Crippen molar-refractivity contribution < 1.29 is 0 Å². The van der Waals surface area contributed by atoms with E-state index in [0.717, 1.165) is 0 Å². The van der Waals surface area contributed by atoms with Crippen molar-refractivity contribution in [2.24, 2.45) is 10.8 Å². The highest BCUT2D eigenvalue weighted by Gasteiger charge is 2.26. The molecule has 0 aromatic carbocycles. The molecule has 0 amide bonds. The Morgan fingerprint density at radius 2 is 1.32 bits per heavy atom. The van der Waals surface area contributed by atoms with Gasteiger partial charge in [-0.05, 0) is 75.5 Å². The molecule has 2 aliphatic carbocycles. The van der Waals surface area contributed by atoms with Crippen molar-refractivity contribution in [2.75, 3.05) is 0 Å². The van der Waals surface area contributed by atoms with Gasteiger partial charge >= 0.3 is 0 Å². The van der Waals surface area contributed by atoms with E-state index in [4.69, 9.17) is 0 Å². The third kappa shape index (κ3) is 6.71. The van der Waals surface area contributed by atoms with Gasteiger partial charge in [-0.25, -0.2) is 0 Å². The Labute approximate surface area is 140 Å². The van der Waals surface area contributed by atoms with E-state index in [2.05, 4.69) is 53.7 Å². The molecular formula is C22H40. The lowest BCUT2D eigenvalue weighted by Gasteiger charge is -2.33. The maximum Gasteiger partial charge on any atom is -0.0315 e. The lowest BCUT2D eigenvalue weighted by Crippen LogP contribution is -2.19. The molecule has 0 saturated heterocycles. The zero-order valence-electron chi connectivity index (χ0n) is 16.2. The fourth-order valence-electron chi connectivity index (χ4n) is 3.56. The molecular weight excluding hydrogens is 264 g/mol. The molecule has 0 heterocycles. The summed E-state index contributed by atoms with van der Waals surface area (Å²) in [5.41, 5.74) is 4.65. The van der Waals surface area contributed by atoms with Gasteiger partial charge in [0.25, 0.3) is 0 Å². The van der Waals surface area contributed by atoms with Crippen molar-refractivity contribution in [3.63, 3.8) is 0 Å². The first-order valence-corrected chi connectivity index (χ1v) is 9.66. The molecule has 0 unspecified atom stereocenters. The van der Waals surface area contributed by atoms with Gasteiger partial charge < -0.3 is 0 Å². The molecule has 128 valence electrons. The molecule has 0 bridgehead atoms. The zero-order chi connectivity index (χ0) is 16.6. The fourth-order valence-corrected chi connectivity index (χ4v) is 3.56. The molecule has 2 aliphatic rings. The fraction of sp³-hybridized carbons (Fsp3) is 0.818. The molecule has 2 fully saturated rings. The molecule has 0 nitrogen and oxygen atoms in total. The predicted molar refractivity (Wildman–Crippen MR) is 101 cm³/mol. The van der Waals surface area contributed by atoms with Gasteiger partial charge in [-0.2, -0.15) is 0 Å². The van der Waals surface area contributed by atoms with Crippen LogP contribution in [0, 0.1) is 10.8 Å². The Bertz CT molecular complexity index is 359. The third-order valence-corrected chi connectivity index (χ3v) is 6.10. The van der Waals surface area contributed by atoms with E-state index in [0.29, 0.717) is 10.8 Å². The summed E-state index contributed by atoms with van der Waals surface area (Å²) in [5, 5.41) is 0. The highest BCUT2D eigenvalue weighted by atomic mass is 14.3. The molecule has 0 atom stereocenters. The quantitative estimate of drug-likeness (QED) is 0.456. The third-order valence-electron chi connectivity index (χ3n) is 6.10. The van der Waals surface area contributed by atoms with Crippen LogP contribution in [0.4, 0.5) is 0 Å². The Morgan fingerprint density at radius 3 is 1.73 bits per heavy atom. The van der Waals surface area contributed by atoms with Crippen molar-refractivity contribution >= 4 is 0 Å². The van der Waals surface area contributed by atoms with Crippen molar-refractivity contribution in [2.45, 2.75) is 106 Å². The Hall–Kier alpha value is -0.520. The average Bonchev–Trinajstić information content (AvgIpc) is 2.51. The zero-order valence-corrected chi connectivity index (χ0v) is 16.2. The Morgan fingerprint density at radius 1 is 0.818 bits per heavy atom. The van der Waals surface area contributed by atoms with Crippen LogP contribution in [0.3, 0.4) is 0 Å². The summed E-state index contributed by atoms with van der Waals surface area (Å²) in [5.74, 6) is 0. The van der Waals surface area contributed by atoms with Gasteiger partial charge in [0.1, 0.15) is 0 Å². The largest absolute Gasteiger partial charge is 0.0885 e. The van der Waals surface area contributed by atoms with Crippen LogP contribution in [0.2, 0.25) is 0 Å². The SMILES string of the molecule is CC=C1CCC(C)(CC)CC1.CCC=C1CCC(C)(C)CC1. The van der Waals surface area contributed by atoms with Crippen molar-refractivity contribution in [3.8, 4) is 0 Å². The van der Waals surface area contributed by atoms with Gasteiger partial charge in [-0.1, -0.05) is 64.3 Å². The van der Waals surface area contributed by atoms with Gasteiger partial charge in [-0.3, -0.25) is 0 Å². The van der Waals surface area contributed by atoms with E-state index >= 15 is 0 Å². The Balaban J connectivity index is 0.000000220. The van der Waals surface area contributed by atoms with Crippen LogP contribution in [-0.2, 0) is 0 Å². The van der Waals surface area contributed by atoms with Gasteiger partial charge in [-0.15, -0.1) is 0 Å². The monoisotopic (exact) mass is 304 g/mol. The number of hydrogen-bond acceptors (Lipinski definition) is 0. The lowest BCUT2D eigenvalue weighted by atomic mass is 9.72. The molecule has 0 aromatic rings. The second-order valence-corrected chi connectivity index (χ2v) is 8.55. The summed E-state index contributed by atoms with van der Waals surface area (Å²) in [4.78, 5) is 0. The number of hydrogen-bond donors (Lipinski definition) is 0. The molecule has 0 radical (unpaired) electrons. The maximum atomic E-state index is 2.43. The first-order valence-electron chi connectivity index (χ1n) is 9.66. The topological polar surface area (TPSA) is 0 Å². The molecule has 0 aliphatic heterocycles.